The van der Waals surface area contributed by atoms with Crippen molar-refractivity contribution in [2.45, 2.75) is 51.9 Å². The molecule has 2 heterocycles. The summed E-state index contributed by atoms with van der Waals surface area (Å²) in [4.78, 5) is 17.3. The number of amides is 2. The summed E-state index contributed by atoms with van der Waals surface area (Å²) >= 11 is 0. The zero-order chi connectivity index (χ0) is 22.3. The number of benzene rings is 2. The molecule has 0 atom stereocenters. The highest BCUT2D eigenvalue weighted by molar-refractivity contribution is 6.02. The Hall–Kier alpha value is -2.79. The van der Waals surface area contributed by atoms with Crippen LogP contribution in [0, 0.1) is 0 Å². The Morgan fingerprint density at radius 3 is 2.59 bits per heavy atom. The van der Waals surface area contributed by atoms with Crippen molar-refractivity contribution < 1.29 is 9.21 Å². The summed E-state index contributed by atoms with van der Waals surface area (Å²) in [6, 6.07) is 15.6. The van der Waals surface area contributed by atoms with Crippen LogP contribution in [0.1, 0.15) is 57.4 Å². The van der Waals surface area contributed by atoms with Gasteiger partial charge in [0.2, 0.25) is 0 Å². The van der Waals surface area contributed by atoms with Crippen LogP contribution in [-0.2, 0) is 0 Å². The van der Waals surface area contributed by atoms with Gasteiger partial charge >= 0.3 is 6.03 Å². The van der Waals surface area contributed by atoms with Crippen LogP contribution < -0.4 is 10.2 Å². The van der Waals surface area contributed by atoms with Gasteiger partial charge in [0.15, 0.2) is 0 Å². The van der Waals surface area contributed by atoms with Crippen molar-refractivity contribution in [3.05, 3.63) is 60.4 Å². The van der Waals surface area contributed by atoms with Gasteiger partial charge in [-0.15, -0.1) is 0 Å². The second-order valence-corrected chi connectivity index (χ2v) is 8.73. The van der Waals surface area contributed by atoms with E-state index in [-0.39, 0.29) is 6.03 Å². The molecular formula is C27H35N3O2. The number of anilines is 2. The number of unbranched alkanes of at least 4 members (excludes halogenated alkanes) is 2. The molecule has 2 amide bonds. The molecule has 5 nitrogen and oxygen atoms in total. The van der Waals surface area contributed by atoms with Crippen LogP contribution in [0.2, 0.25) is 0 Å². The van der Waals surface area contributed by atoms with E-state index in [9.17, 15) is 4.79 Å². The molecule has 3 aromatic rings. The van der Waals surface area contributed by atoms with Crippen molar-refractivity contribution in [2.75, 3.05) is 36.4 Å². The first-order valence-electron chi connectivity index (χ1n) is 12.1. The van der Waals surface area contributed by atoms with Crippen LogP contribution in [-0.4, -0.2) is 37.1 Å². The molecule has 0 bridgehead atoms. The number of urea groups is 1. The maximum Gasteiger partial charge on any atom is 0.326 e. The van der Waals surface area contributed by atoms with E-state index in [1.165, 1.54) is 31.4 Å². The van der Waals surface area contributed by atoms with Gasteiger partial charge in [0.1, 0.15) is 5.58 Å². The molecule has 0 spiro atoms. The molecule has 1 fully saturated rings. The lowest BCUT2D eigenvalue weighted by Gasteiger charge is -2.31. The third-order valence-corrected chi connectivity index (χ3v) is 6.59. The summed E-state index contributed by atoms with van der Waals surface area (Å²) in [5.74, 6) is 0.515. The zero-order valence-electron chi connectivity index (χ0n) is 19.3. The molecular weight excluding hydrogens is 398 g/mol. The summed E-state index contributed by atoms with van der Waals surface area (Å²) in [5.41, 5.74) is 3.86. The first-order chi connectivity index (χ1) is 15.7. The molecule has 1 aliphatic heterocycles. The van der Waals surface area contributed by atoms with E-state index in [0.29, 0.717) is 12.5 Å². The van der Waals surface area contributed by atoms with Gasteiger partial charge in [-0.3, -0.25) is 4.90 Å². The van der Waals surface area contributed by atoms with Crippen LogP contribution in [0.25, 0.3) is 11.0 Å². The Morgan fingerprint density at radius 1 is 1.09 bits per heavy atom. The summed E-state index contributed by atoms with van der Waals surface area (Å²) in [5, 5.41) is 4.20. The second kappa shape index (κ2) is 10.7. The van der Waals surface area contributed by atoms with E-state index < -0.39 is 0 Å². The van der Waals surface area contributed by atoms with Crippen molar-refractivity contribution in [3.63, 3.8) is 0 Å². The minimum atomic E-state index is -0.122. The number of furan rings is 1. The smallest absolute Gasteiger partial charge is 0.326 e. The van der Waals surface area contributed by atoms with Gasteiger partial charge < -0.3 is 14.6 Å². The largest absolute Gasteiger partial charge is 0.464 e. The molecule has 32 heavy (non-hydrogen) atoms. The van der Waals surface area contributed by atoms with E-state index in [2.05, 4.69) is 23.2 Å². The van der Waals surface area contributed by atoms with Gasteiger partial charge in [-0.2, -0.15) is 0 Å². The summed E-state index contributed by atoms with van der Waals surface area (Å²) in [6.45, 7) is 8.37. The fraction of sp³-hybridized carbons (Fsp3) is 0.444. The number of piperidine rings is 1. The quantitative estimate of drug-likeness (QED) is 0.395. The van der Waals surface area contributed by atoms with Crippen LogP contribution >= 0.6 is 0 Å². The molecule has 0 aliphatic carbocycles. The fourth-order valence-electron chi connectivity index (χ4n) is 4.74. The number of nitrogens with one attached hydrogen (secondary N) is 1. The Kier molecular flexibility index (Phi) is 7.48. The number of hydrogen-bond acceptors (Lipinski definition) is 3. The molecule has 1 N–H and O–H groups in total. The number of nitrogens with zero attached hydrogens (tertiary/aromatic N) is 2. The number of hydrogen-bond donors (Lipinski definition) is 1. The Morgan fingerprint density at radius 2 is 1.88 bits per heavy atom. The molecule has 1 aromatic heterocycles. The lowest BCUT2D eigenvalue weighted by atomic mass is 9.89. The molecule has 4 rings (SSSR count). The van der Waals surface area contributed by atoms with Crippen LogP contribution in [0.4, 0.5) is 16.2 Å². The van der Waals surface area contributed by atoms with Gasteiger partial charge in [0, 0.05) is 28.9 Å². The number of likely N-dealkylation sites (tertiary alicyclic amines) is 1. The van der Waals surface area contributed by atoms with E-state index in [1.807, 2.05) is 55.7 Å². The monoisotopic (exact) mass is 433 g/mol. The van der Waals surface area contributed by atoms with E-state index in [4.69, 9.17) is 4.42 Å². The molecule has 1 saturated heterocycles. The Bertz CT molecular complexity index is 1010. The second-order valence-electron chi connectivity index (χ2n) is 8.73. The molecule has 1 aliphatic rings. The third kappa shape index (κ3) is 5.16. The van der Waals surface area contributed by atoms with Crippen molar-refractivity contribution >= 4 is 28.4 Å². The highest BCUT2D eigenvalue weighted by atomic mass is 16.3. The molecule has 5 heteroatoms. The average Bonchev–Trinajstić information content (AvgIpc) is 3.24. The molecule has 0 radical (unpaired) electrons. The Labute approximate surface area is 191 Å². The van der Waals surface area contributed by atoms with Crippen molar-refractivity contribution in [1.29, 1.82) is 0 Å². The lowest BCUT2D eigenvalue weighted by molar-refractivity contribution is 0.208. The van der Waals surface area contributed by atoms with E-state index >= 15 is 0 Å². The van der Waals surface area contributed by atoms with Gasteiger partial charge in [-0.05, 0) is 82.1 Å². The zero-order valence-corrected chi connectivity index (χ0v) is 19.3. The fourth-order valence-corrected chi connectivity index (χ4v) is 4.74. The normalized spacial score (nSPS) is 15.2. The molecule has 0 unspecified atom stereocenters. The molecule has 0 saturated carbocycles. The summed E-state index contributed by atoms with van der Waals surface area (Å²) in [7, 11) is 0. The van der Waals surface area contributed by atoms with Crippen molar-refractivity contribution in [3.8, 4) is 0 Å². The summed E-state index contributed by atoms with van der Waals surface area (Å²) < 4.78 is 5.87. The maximum absolute atomic E-state index is 12.9. The van der Waals surface area contributed by atoms with Crippen LogP contribution in [0.5, 0.6) is 0 Å². The average molecular weight is 434 g/mol. The van der Waals surface area contributed by atoms with Crippen LogP contribution in [0.15, 0.2) is 59.2 Å². The van der Waals surface area contributed by atoms with Gasteiger partial charge in [-0.25, -0.2) is 4.79 Å². The highest BCUT2D eigenvalue weighted by Gasteiger charge is 2.24. The van der Waals surface area contributed by atoms with Crippen LogP contribution in [0.3, 0.4) is 0 Å². The third-order valence-electron chi connectivity index (χ3n) is 6.59. The first-order valence-corrected chi connectivity index (χ1v) is 12.1. The number of para-hydroxylation sites is 1. The maximum atomic E-state index is 12.9. The summed E-state index contributed by atoms with van der Waals surface area (Å²) in [6.07, 6.45) is 8.15. The predicted molar refractivity (Wildman–Crippen MR) is 133 cm³/mol. The predicted octanol–water partition coefficient (Wildman–Crippen LogP) is 6.86. The van der Waals surface area contributed by atoms with Crippen molar-refractivity contribution in [1.82, 2.24) is 4.90 Å². The number of carbonyl (C=O) groups excluding carboxylic acids is 1. The lowest BCUT2D eigenvalue weighted by Crippen LogP contribution is -2.34. The van der Waals surface area contributed by atoms with Gasteiger partial charge in [0.05, 0.1) is 6.26 Å². The van der Waals surface area contributed by atoms with Gasteiger partial charge in [-0.1, -0.05) is 38.0 Å². The number of carbonyl (C=O) groups is 1. The minimum Gasteiger partial charge on any atom is -0.464 e. The number of rotatable bonds is 8. The molecule has 170 valence electrons. The first kappa shape index (κ1) is 22.4. The number of fused-ring (bicyclic) bond motifs is 1. The SMILES string of the molecule is CCCCCN1CCC(c2coc3ccc(NC(=O)N(CC)c4ccccc4)cc23)CC1. The topological polar surface area (TPSA) is 48.7 Å². The standard InChI is InChI=1S/C27H35N3O2/c1-3-5-9-16-29-17-14-21(15-18-29)25-20-32-26-13-12-22(19-24(25)26)28-27(31)30(4-2)23-10-7-6-8-11-23/h6-8,10-13,19-21H,3-5,9,14-18H2,1-2H3,(H,28,31). The minimum absolute atomic E-state index is 0.122. The van der Waals surface area contributed by atoms with Crippen molar-refractivity contribution in [2.24, 2.45) is 0 Å². The Balaban J connectivity index is 1.44. The molecule has 2 aromatic carbocycles. The highest BCUT2D eigenvalue weighted by Crippen LogP contribution is 2.35. The van der Waals surface area contributed by atoms with Gasteiger partial charge in [0.25, 0.3) is 0 Å². The van der Waals surface area contributed by atoms with E-state index in [0.717, 1.165) is 48.3 Å². The van der Waals surface area contributed by atoms with E-state index in [1.54, 1.807) is 4.90 Å².